The lowest BCUT2D eigenvalue weighted by Gasteiger charge is -2.26. The van der Waals surface area contributed by atoms with E-state index in [4.69, 9.17) is 0 Å². The summed E-state index contributed by atoms with van der Waals surface area (Å²) in [7, 11) is 0. The Morgan fingerprint density at radius 2 is 2.29 bits per heavy atom. The van der Waals surface area contributed by atoms with Crippen LogP contribution in [0.1, 0.15) is 19.0 Å². The molecular weight excluding hydrogens is 232 g/mol. The van der Waals surface area contributed by atoms with Gasteiger partial charge in [0.25, 0.3) is 0 Å². The van der Waals surface area contributed by atoms with E-state index in [1.54, 1.807) is 11.3 Å². The van der Waals surface area contributed by atoms with Crippen LogP contribution < -0.4 is 10.6 Å². The Bertz CT molecular complexity index is 320. The highest BCUT2D eigenvalue weighted by Crippen LogP contribution is 2.15. The Hall–Kier alpha value is -0.650. The second-order valence-electron chi connectivity index (χ2n) is 4.37. The lowest BCUT2D eigenvalue weighted by Crippen LogP contribution is -2.44. The maximum absolute atomic E-state index is 4.50. The van der Waals surface area contributed by atoms with Gasteiger partial charge < -0.3 is 15.5 Å². The Balaban J connectivity index is 1.59. The molecule has 0 aromatic carbocycles. The van der Waals surface area contributed by atoms with E-state index in [1.165, 1.54) is 31.7 Å². The Labute approximate surface area is 107 Å². The van der Waals surface area contributed by atoms with Crippen molar-refractivity contribution in [3.05, 3.63) is 11.1 Å². The molecule has 1 aromatic heterocycles. The third kappa shape index (κ3) is 4.26. The van der Waals surface area contributed by atoms with E-state index < -0.39 is 0 Å². The van der Waals surface area contributed by atoms with Crippen LogP contribution in [0.2, 0.25) is 0 Å². The van der Waals surface area contributed by atoms with Gasteiger partial charge >= 0.3 is 0 Å². The molecule has 0 saturated carbocycles. The summed E-state index contributed by atoms with van der Waals surface area (Å²) < 4.78 is 0. The number of nitrogens with one attached hydrogen (secondary N) is 2. The lowest BCUT2D eigenvalue weighted by molar-refractivity contribution is 0.240. The van der Waals surface area contributed by atoms with Gasteiger partial charge in [0.05, 0.1) is 5.69 Å². The number of aryl methyl sites for hydroxylation is 1. The average molecular weight is 254 g/mol. The summed E-state index contributed by atoms with van der Waals surface area (Å²) >= 11 is 1.71. The monoisotopic (exact) mass is 254 g/mol. The molecule has 1 aliphatic rings. The van der Waals surface area contributed by atoms with Crippen LogP contribution >= 0.6 is 11.3 Å². The van der Waals surface area contributed by atoms with Crippen molar-refractivity contribution in [3.63, 3.8) is 0 Å². The highest BCUT2D eigenvalue weighted by Gasteiger charge is 2.08. The van der Waals surface area contributed by atoms with Crippen molar-refractivity contribution in [3.8, 4) is 0 Å². The smallest absolute Gasteiger partial charge is 0.182 e. The van der Waals surface area contributed by atoms with Gasteiger partial charge in [-0.05, 0) is 19.4 Å². The molecule has 5 heteroatoms. The Kier molecular flexibility index (Phi) is 5.22. The van der Waals surface area contributed by atoms with Crippen LogP contribution in [0.3, 0.4) is 0 Å². The summed E-state index contributed by atoms with van der Waals surface area (Å²) in [5, 5.41) is 9.99. The van der Waals surface area contributed by atoms with Gasteiger partial charge in [-0.2, -0.15) is 0 Å². The molecule has 96 valence electrons. The normalized spacial score (nSPS) is 17.2. The summed E-state index contributed by atoms with van der Waals surface area (Å²) in [4.78, 5) is 7.02. The molecule has 0 aliphatic carbocycles. The molecule has 2 rings (SSSR count). The molecule has 17 heavy (non-hydrogen) atoms. The topological polar surface area (TPSA) is 40.2 Å². The van der Waals surface area contributed by atoms with Crippen molar-refractivity contribution in [2.75, 3.05) is 44.6 Å². The predicted molar refractivity (Wildman–Crippen MR) is 73.9 cm³/mol. The molecule has 1 saturated heterocycles. The number of nitrogens with zero attached hydrogens (tertiary/aromatic N) is 2. The average Bonchev–Trinajstić information content (AvgIpc) is 2.84. The zero-order valence-corrected chi connectivity index (χ0v) is 11.4. The first-order valence-corrected chi connectivity index (χ1v) is 7.38. The second kappa shape index (κ2) is 6.93. The van der Waals surface area contributed by atoms with E-state index >= 15 is 0 Å². The zero-order valence-electron chi connectivity index (χ0n) is 10.5. The Morgan fingerprint density at radius 1 is 1.47 bits per heavy atom. The fourth-order valence-electron chi connectivity index (χ4n) is 1.98. The standard InChI is InChI=1S/C12H22N4S/c1-2-11-10-17-12(15-11)14-4-3-7-16-8-5-13-6-9-16/h10,13H,2-9H2,1H3,(H,14,15). The number of piperazine rings is 1. The van der Waals surface area contributed by atoms with Crippen LogP contribution in [-0.2, 0) is 6.42 Å². The van der Waals surface area contributed by atoms with Crippen LogP contribution in [0.25, 0.3) is 0 Å². The number of aromatic nitrogens is 1. The van der Waals surface area contributed by atoms with Crippen LogP contribution in [0.5, 0.6) is 0 Å². The van der Waals surface area contributed by atoms with Crippen molar-refractivity contribution < 1.29 is 0 Å². The number of thiazole rings is 1. The largest absolute Gasteiger partial charge is 0.361 e. The molecular formula is C12H22N4S. The first kappa shape index (κ1) is 12.8. The van der Waals surface area contributed by atoms with Gasteiger partial charge in [0.15, 0.2) is 5.13 Å². The molecule has 1 fully saturated rings. The van der Waals surface area contributed by atoms with Gasteiger partial charge in [-0.1, -0.05) is 6.92 Å². The first-order valence-electron chi connectivity index (χ1n) is 6.50. The molecule has 1 aromatic rings. The van der Waals surface area contributed by atoms with E-state index in [2.05, 4.69) is 32.8 Å². The Morgan fingerprint density at radius 3 is 3.00 bits per heavy atom. The third-order valence-electron chi connectivity index (χ3n) is 3.05. The number of hydrogen-bond acceptors (Lipinski definition) is 5. The lowest BCUT2D eigenvalue weighted by atomic mass is 10.3. The summed E-state index contributed by atoms with van der Waals surface area (Å²) in [6.45, 7) is 9.03. The molecule has 0 bridgehead atoms. The molecule has 4 nitrogen and oxygen atoms in total. The van der Waals surface area contributed by atoms with Gasteiger partial charge in [0.2, 0.25) is 0 Å². The van der Waals surface area contributed by atoms with Crippen molar-refractivity contribution in [1.29, 1.82) is 0 Å². The quantitative estimate of drug-likeness (QED) is 0.753. The molecule has 0 amide bonds. The fourth-order valence-corrected chi connectivity index (χ4v) is 2.81. The van der Waals surface area contributed by atoms with Gasteiger partial charge in [0, 0.05) is 38.1 Å². The molecule has 0 radical (unpaired) electrons. The van der Waals surface area contributed by atoms with Crippen molar-refractivity contribution >= 4 is 16.5 Å². The second-order valence-corrected chi connectivity index (χ2v) is 5.23. The number of rotatable bonds is 6. The van der Waals surface area contributed by atoms with Crippen molar-refractivity contribution in [2.24, 2.45) is 0 Å². The van der Waals surface area contributed by atoms with Crippen molar-refractivity contribution in [1.82, 2.24) is 15.2 Å². The SMILES string of the molecule is CCc1csc(NCCCN2CCNCC2)n1. The summed E-state index contributed by atoms with van der Waals surface area (Å²) in [5.74, 6) is 0. The van der Waals surface area contributed by atoms with Crippen LogP contribution in [-0.4, -0.2) is 49.2 Å². The van der Waals surface area contributed by atoms with Crippen molar-refractivity contribution in [2.45, 2.75) is 19.8 Å². The number of hydrogen-bond donors (Lipinski definition) is 2. The highest BCUT2D eigenvalue weighted by molar-refractivity contribution is 7.13. The molecule has 1 aliphatic heterocycles. The fraction of sp³-hybridized carbons (Fsp3) is 0.750. The van der Waals surface area contributed by atoms with Crippen LogP contribution in [0, 0.1) is 0 Å². The van der Waals surface area contributed by atoms with Crippen LogP contribution in [0.15, 0.2) is 5.38 Å². The minimum Gasteiger partial charge on any atom is -0.361 e. The summed E-state index contributed by atoms with van der Waals surface area (Å²) in [6, 6.07) is 0. The first-order chi connectivity index (χ1) is 8.38. The minimum absolute atomic E-state index is 1.03. The molecule has 0 spiro atoms. The van der Waals surface area contributed by atoms with Gasteiger partial charge in [-0.25, -0.2) is 4.98 Å². The molecule has 2 heterocycles. The number of anilines is 1. The molecule has 2 N–H and O–H groups in total. The van der Waals surface area contributed by atoms with E-state index in [0.29, 0.717) is 0 Å². The van der Waals surface area contributed by atoms with E-state index in [1.807, 2.05) is 0 Å². The van der Waals surface area contributed by atoms with Gasteiger partial charge in [0.1, 0.15) is 0 Å². The minimum atomic E-state index is 1.03. The summed E-state index contributed by atoms with van der Waals surface area (Å²) in [5.41, 5.74) is 1.19. The summed E-state index contributed by atoms with van der Waals surface area (Å²) in [6.07, 6.45) is 2.22. The van der Waals surface area contributed by atoms with Gasteiger partial charge in [-0.15, -0.1) is 11.3 Å². The molecule has 0 atom stereocenters. The zero-order chi connectivity index (χ0) is 11.9. The van der Waals surface area contributed by atoms with Gasteiger partial charge in [-0.3, -0.25) is 0 Å². The van der Waals surface area contributed by atoms with E-state index in [9.17, 15) is 0 Å². The maximum Gasteiger partial charge on any atom is 0.182 e. The highest BCUT2D eigenvalue weighted by atomic mass is 32.1. The third-order valence-corrected chi connectivity index (χ3v) is 3.90. The van der Waals surface area contributed by atoms with E-state index in [0.717, 1.165) is 31.2 Å². The predicted octanol–water partition coefficient (Wildman–Crippen LogP) is 1.41. The van der Waals surface area contributed by atoms with E-state index in [-0.39, 0.29) is 0 Å². The molecule has 0 unspecified atom stereocenters. The maximum atomic E-state index is 4.50. The van der Waals surface area contributed by atoms with Crippen LogP contribution in [0.4, 0.5) is 5.13 Å².